The highest BCUT2D eigenvalue weighted by molar-refractivity contribution is 5.13. The molecule has 0 spiro atoms. The van der Waals surface area contributed by atoms with Crippen LogP contribution in [0.1, 0.15) is 43.8 Å². The Hall–Kier alpha value is -1.22. The van der Waals surface area contributed by atoms with Crippen molar-refractivity contribution < 1.29 is 5.11 Å². The second kappa shape index (κ2) is 5.03. The third-order valence-electron chi connectivity index (χ3n) is 2.81. The number of aliphatic hydroxyl groups excluding tert-OH is 1. The highest BCUT2D eigenvalue weighted by Gasteiger charge is 2.12. The molecule has 15 heavy (non-hydrogen) atoms. The van der Waals surface area contributed by atoms with E-state index in [2.05, 4.69) is 16.0 Å². The molecule has 1 aliphatic carbocycles. The summed E-state index contributed by atoms with van der Waals surface area (Å²) < 4.78 is 0. The Morgan fingerprint density at radius 3 is 2.73 bits per heavy atom. The van der Waals surface area contributed by atoms with Gasteiger partial charge in [-0.2, -0.15) is 0 Å². The molecule has 0 bridgehead atoms. The fourth-order valence-electron chi connectivity index (χ4n) is 1.94. The summed E-state index contributed by atoms with van der Waals surface area (Å²) in [5.74, 6) is 0. The fraction of sp³-hybridized carbons (Fsp3) is 0.500. The van der Waals surface area contributed by atoms with Crippen LogP contribution in [0.25, 0.3) is 0 Å². The molecule has 0 aromatic carbocycles. The van der Waals surface area contributed by atoms with Gasteiger partial charge in [0.25, 0.3) is 0 Å². The number of rotatable bonds is 3. The predicted molar refractivity (Wildman–Crippen MR) is 58.2 cm³/mol. The van der Waals surface area contributed by atoms with Gasteiger partial charge in [-0.15, -0.1) is 0 Å². The highest BCUT2D eigenvalue weighted by Crippen LogP contribution is 2.26. The van der Waals surface area contributed by atoms with Gasteiger partial charge in [0.05, 0.1) is 6.10 Å². The Balaban J connectivity index is 1.97. The van der Waals surface area contributed by atoms with Gasteiger partial charge in [0.2, 0.25) is 0 Å². The van der Waals surface area contributed by atoms with Crippen LogP contribution in [0.5, 0.6) is 0 Å². The quantitative estimate of drug-likeness (QED) is 0.769. The predicted octanol–water partition coefficient (Wildman–Crippen LogP) is 2.40. The van der Waals surface area contributed by atoms with Gasteiger partial charge >= 0.3 is 0 Å². The maximum Gasteiger partial charge on any atom is 0.115 e. The SMILES string of the molecule is OC(CC1=CCCCC1)c1cncnc1. The van der Waals surface area contributed by atoms with E-state index < -0.39 is 6.10 Å². The molecule has 0 fully saturated rings. The molecule has 0 saturated carbocycles. The number of nitrogens with zero attached hydrogens (tertiary/aromatic N) is 2. The first-order chi connectivity index (χ1) is 7.36. The van der Waals surface area contributed by atoms with Crippen molar-refractivity contribution in [2.45, 2.75) is 38.2 Å². The molecule has 2 rings (SSSR count). The molecule has 1 heterocycles. The van der Waals surface area contributed by atoms with Gasteiger partial charge in [-0.3, -0.25) is 0 Å². The molecule has 1 aromatic heterocycles. The molecule has 1 unspecified atom stereocenters. The Kier molecular flexibility index (Phi) is 3.45. The Bertz CT molecular complexity index is 335. The van der Waals surface area contributed by atoms with Crippen molar-refractivity contribution in [3.8, 4) is 0 Å². The lowest BCUT2D eigenvalue weighted by molar-refractivity contribution is 0.175. The lowest BCUT2D eigenvalue weighted by Crippen LogP contribution is -2.02. The normalized spacial score (nSPS) is 18.3. The van der Waals surface area contributed by atoms with E-state index in [0.717, 1.165) is 24.8 Å². The molecule has 1 N–H and O–H groups in total. The van der Waals surface area contributed by atoms with E-state index in [9.17, 15) is 5.11 Å². The zero-order chi connectivity index (χ0) is 10.5. The van der Waals surface area contributed by atoms with Crippen molar-refractivity contribution in [3.05, 3.63) is 35.9 Å². The molecule has 1 atom stereocenters. The average molecular weight is 204 g/mol. The van der Waals surface area contributed by atoms with Gasteiger partial charge in [0.1, 0.15) is 6.33 Å². The van der Waals surface area contributed by atoms with Crippen LogP contribution in [0, 0.1) is 0 Å². The Labute approximate surface area is 89.9 Å². The maximum absolute atomic E-state index is 9.95. The van der Waals surface area contributed by atoms with Crippen LogP contribution in [0.15, 0.2) is 30.4 Å². The molecule has 0 radical (unpaired) electrons. The van der Waals surface area contributed by atoms with Gasteiger partial charge in [0, 0.05) is 18.0 Å². The van der Waals surface area contributed by atoms with Crippen molar-refractivity contribution in [2.24, 2.45) is 0 Å². The van der Waals surface area contributed by atoms with Gasteiger partial charge in [0.15, 0.2) is 0 Å². The molecule has 0 amide bonds. The van der Waals surface area contributed by atoms with Crippen LogP contribution in [0.3, 0.4) is 0 Å². The first-order valence-electron chi connectivity index (χ1n) is 5.47. The molecule has 0 saturated heterocycles. The second-order valence-electron chi connectivity index (χ2n) is 4.00. The first kappa shape index (κ1) is 10.3. The molecular formula is C12H16N2O. The largest absolute Gasteiger partial charge is 0.388 e. The third kappa shape index (κ3) is 2.86. The van der Waals surface area contributed by atoms with Gasteiger partial charge in [-0.1, -0.05) is 11.6 Å². The monoisotopic (exact) mass is 204 g/mol. The number of hydrogen-bond donors (Lipinski definition) is 1. The summed E-state index contributed by atoms with van der Waals surface area (Å²) in [6.07, 6.45) is 12.2. The van der Waals surface area contributed by atoms with Gasteiger partial charge in [-0.25, -0.2) is 9.97 Å². The van der Waals surface area contributed by atoms with Crippen LogP contribution in [0.4, 0.5) is 0 Å². The molecule has 80 valence electrons. The van der Waals surface area contributed by atoms with Crippen LogP contribution < -0.4 is 0 Å². The zero-order valence-corrected chi connectivity index (χ0v) is 8.76. The van der Waals surface area contributed by atoms with Crippen molar-refractivity contribution in [1.29, 1.82) is 0 Å². The van der Waals surface area contributed by atoms with Crippen molar-refractivity contribution in [3.63, 3.8) is 0 Å². The number of aliphatic hydroxyl groups is 1. The molecule has 1 aromatic rings. The number of hydrogen-bond acceptors (Lipinski definition) is 3. The minimum atomic E-state index is -0.449. The van der Waals surface area contributed by atoms with Crippen LogP contribution in [-0.4, -0.2) is 15.1 Å². The summed E-state index contributed by atoms with van der Waals surface area (Å²) in [6, 6.07) is 0. The number of allylic oxidation sites excluding steroid dienone is 1. The number of aromatic nitrogens is 2. The average Bonchev–Trinajstić information content (AvgIpc) is 2.31. The van der Waals surface area contributed by atoms with E-state index in [0.29, 0.717) is 0 Å². The first-order valence-corrected chi connectivity index (χ1v) is 5.47. The molecule has 1 aliphatic rings. The van der Waals surface area contributed by atoms with Crippen LogP contribution in [0.2, 0.25) is 0 Å². The van der Waals surface area contributed by atoms with Crippen LogP contribution >= 0.6 is 0 Å². The van der Waals surface area contributed by atoms with Crippen molar-refractivity contribution in [2.75, 3.05) is 0 Å². The van der Waals surface area contributed by atoms with Gasteiger partial charge in [-0.05, 0) is 32.1 Å². The van der Waals surface area contributed by atoms with E-state index in [1.165, 1.54) is 24.7 Å². The second-order valence-corrected chi connectivity index (χ2v) is 4.00. The highest BCUT2D eigenvalue weighted by atomic mass is 16.3. The molecule has 0 aliphatic heterocycles. The van der Waals surface area contributed by atoms with E-state index >= 15 is 0 Å². The lowest BCUT2D eigenvalue weighted by Gasteiger charge is -2.16. The zero-order valence-electron chi connectivity index (χ0n) is 8.76. The summed E-state index contributed by atoms with van der Waals surface area (Å²) in [5.41, 5.74) is 2.18. The van der Waals surface area contributed by atoms with Crippen molar-refractivity contribution >= 4 is 0 Å². The van der Waals surface area contributed by atoms with Crippen LogP contribution in [-0.2, 0) is 0 Å². The smallest absolute Gasteiger partial charge is 0.115 e. The molecular weight excluding hydrogens is 188 g/mol. The lowest BCUT2D eigenvalue weighted by atomic mass is 9.94. The standard InChI is InChI=1S/C12H16N2O/c15-12(11-7-13-9-14-8-11)6-10-4-2-1-3-5-10/h4,7-9,12,15H,1-3,5-6H2. The third-order valence-corrected chi connectivity index (χ3v) is 2.81. The topological polar surface area (TPSA) is 46.0 Å². The molecule has 3 nitrogen and oxygen atoms in total. The minimum absolute atomic E-state index is 0.449. The summed E-state index contributed by atoms with van der Waals surface area (Å²) in [4.78, 5) is 7.82. The minimum Gasteiger partial charge on any atom is -0.388 e. The van der Waals surface area contributed by atoms with Crippen molar-refractivity contribution in [1.82, 2.24) is 9.97 Å². The Morgan fingerprint density at radius 1 is 1.27 bits per heavy atom. The molecule has 3 heteroatoms. The summed E-state index contributed by atoms with van der Waals surface area (Å²) in [6.45, 7) is 0. The van der Waals surface area contributed by atoms with E-state index in [1.54, 1.807) is 12.4 Å². The van der Waals surface area contributed by atoms with E-state index in [1.807, 2.05) is 0 Å². The fourth-order valence-corrected chi connectivity index (χ4v) is 1.94. The summed E-state index contributed by atoms with van der Waals surface area (Å²) in [7, 11) is 0. The summed E-state index contributed by atoms with van der Waals surface area (Å²) >= 11 is 0. The summed E-state index contributed by atoms with van der Waals surface area (Å²) in [5, 5.41) is 9.95. The van der Waals surface area contributed by atoms with E-state index in [-0.39, 0.29) is 0 Å². The Morgan fingerprint density at radius 2 is 2.07 bits per heavy atom. The van der Waals surface area contributed by atoms with E-state index in [4.69, 9.17) is 0 Å². The maximum atomic E-state index is 9.95. The van der Waals surface area contributed by atoms with Gasteiger partial charge < -0.3 is 5.11 Å².